The predicted molar refractivity (Wildman–Crippen MR) is 47.9 cm³/mol. The van der Waals surface area contributed by atoms with Crippen molar-refractivity contribution in [2.24, 2.45) is 0 Å². The van der Waals surface area contributed by atoms with Crippen LogP contribution in [0, 0.1) is 11.5 Å². The van der Waals surface area contributed by atoms with E-state index in [0.717, 1.165) is 0 Å². The first-order valence-electron chi connectivity index (χ1n) is 3.99. The lowest BCUT2D eigenvalue weighted by Gasteiger charge is -1.98. The molecule has 4 heteroatoms. The minimum atomic E-state index is 0.0718. The Morgan fingerprint density at radius 2 is 2.00 bits per heavy atom. The van der Waals surface area contributed by atoms with Crippen molar-refractivity contribution in [2.75, 3.05) is 0 Å². The number of nitriles is 1. The van der Waals surface area contributed by atoms with Gasteiger partial charge in [-0.15, -0.1) is 5.75 Å². The molecule has 0 atom stereocenters. The maximum Gasteiger partial charge on any atom is 0.375 e. The Labute approximate surface area is 81.7 Å². The number of benzene rings is 1. The van der Waals surface area contributed by atoms with Gasteiger partial charge in [0.05, 0.1) is 6.20 Å². The number of imidazole rings is 1. The summed E-state index contributed by atoms with van der Waals surface area (Å²) in [5, 5.41) is 18.4. The van der Waals surface area contributed by atoms with Crippen LogP contribution in [0.3, 0.4) is 0 Å². The molecule has 0 fully saturated rings. The Kier molecular flexibility index (Phi) is 3.77. The molecule has 1 N–H and O–H groups in total. The van der Waals surface area contributed by atoms with Gasteiger partial charge >= 0.3 is 6.19 Å². The molecule has 0 aliphatic carbocycles. The molecule has 0 aliphatic rings. The Morgan fingerprint density at radius 1 is 1.29 bits per heavy atom. The van der Waals surface area contributed by atoms with Crippen LogP contribution in [0.15, 0.2) is 49.1 Å². The van der Waals surface area contributed by atoms with Crippen molar-refractivity contribution in [3.8, 4) is 11.9 Å². The normalized spacial score (nSPS) is 8.21. The molecule has 0 radical (unpaired) electrons. The van der Waals surface area contributed by atoms with Gasteiger partial charge in [0.15, 0.2) is 0 Å². The third-order valence-corrected chi connectivity index (χ3v) is 1.40. The Bertz CT molecular complexity index is 389. The van der Waals surface area contributed by atoms with Crippen molar-refractivity contribution in [3.05, 3.63) is 49.1 Å². The molecule has 2 rings (SSSR count). The van der Waals surface area contributed by atoms with E-state index in [-0.39, 0.29) is 5.75 Å². The van der Waals surface area contributed by atoms with E-state index in [1.807, 2.05) is 12.3 Å². The topological polar surface area (TPSA) is 66.5 Å². The van der Waals surface area contributed by atoms with Gasteiger partial charge in [-0.25, -0.2) is 0 Å². The number of nitrogens with zero attached hydrogens (tertiary/aromatic N) is 2. The number of para-hydroxylation sites is 1. The summed E-state index contributed by atoms with van der Waals surface area (Å²) in [4.78, 5) is 2.72. The number of aromatic amines is 1. The molecule has 0 aliphatic heterocycles. The summed E-state index contributed by atoms with van der Waals surface area (Å²) in [6, 6.07) is 8.33. The van der Waals surface area contributed by atoms with Crippen molar-refractivity contribution in [3.63, 3.8) is 0 Å². The van der Waals surface area contributed by atoms with Crippen LogP contribution in [0.2, 0.25) is 0 Å². The summed E-state index contributed by atoms with van der Waals surface area (Å²) in [7, 11) is 0. The summed E-state index contributed by atoms with van der Waals surface area (Å²) < 4.78 is 1.38. The van der Waals surface area contributed by atoms with Crippen LogP contribution >= 0.6 is 0 Å². The molecule has 1 aromatic carbocycles. The van der Waals surface area contributed by atoms with E-state index in [4.69, 9.17) is 5.26 Å². The molecule has 0 unspecified atom stereocenters. The second kappa shape index (κ2) is 5.38. The zero-order chi connectivity index (χ0) is 10.2. The van der Waals surface area contributed by atoms with Gasteiger partial charge in [0.1, 0.15) is 6.20 Å². The summed E-state index contributed by atoms with van der Waals surface area (Å²) in [6.45, 7) is 0. The average molecular weight is 187 g/mol. The highest BCUT2D eigenvalue weighted by atomic mass is 16.3. The lowest BCUT2D eigenvalue weighted by Crippen LogP contribution is -2.22. The maximum absolute atomic E-state index is 10.3. The first-order chi connectivity index (χ1) is 6.83. The molecular formula is C10H9N3O. The van der Waals surface area contributed by atoms with E-state index in [1.165, 1.54) is 16.7 Å². The molecule has 70 valence electrons. The maximum atomic E-state index is 10.3. The number of hydrogen-bond donors (Lipinski definition) is 1. The van der Waals surface area contributed by atoms with Crippen LogP contribution in [0.5, 0.6) is 5.75 Å². The third kappa shape index (κ3) is 3.41. The predicted octanol–water partition coefficient (Wildman–Crippen LogP) is 0.392. The van der Waals surface area contributed by atoms with Crippen LogP contribution in [-0.2, 0) is 0 Å². The number of aromatic nitrogens is 2. The monoisotopic (exact) mass is 187 g/mol. The average Bonchev–Trinajstić information content (AvgIpc) is 2.72. The Balaban J connectivity index is 0.000000140. The van der Waals surface area contributed by atoms with Gasteiger partial charge in [0.25, 0.3) is 0 Å². The highest BCUT2D eigenvalue weighted by Crippen LogP contribution is 1.98. The second-order valence-electron chi connectivity index (χ2n) is 2.43. The molecule has 4 nitrogen and oxygen atoms in total. The smallest absolute Gasteiger partial charge is 0.375 e. The summed E-state index contributed by atoms with van der Waals surface area (Å²) in [5.74, 6) is 0.0718. The van der Waals surface area contributed by atoms with Crippen molar-refractivity contribution in [2.45, 2.75) is 0 Å². The van der Waals surface area contributed by atoms with Crippen LogP contribution in [0.1, 0.15) is 0 Å². The number of hydrogen-bond acceptors (Lipinski definition) is 2. The highest BCUT2D eigenvalue weighted by Gasteiger charge is 1.85. The molecule has 1 heterocycles. The fraction of sp³-hybridized carbons (Fsp3) is 0. The van der Waals surface area contributed by atoms with E-state index in [2.05, 4.69) is 4.98 Å². The first-order valence-corrected chi connectivity index (χ1v) is 3.99. The van der Waals surface area contributed by atoms with Gasteiger partial charge in [-0.05, 0) is 0 Å². The lowest BCUT2D eigenvalue weighted by molar-refractivity contribution is -0.584. The lowest BCUT2D eigenvalue weighted by atomic mass is 10.3. The van der Waals surface area contributed by atoms with Gasteiger partial charge in [-0.3, -0.25) is 4.98 Å². The molecule has 0 spiro atoms. The first kappa shape index (κ1) is 9.81. The van der Waals surface area contributed by atoms with E-state index >= 15 is 0 Å². The fourth-order valence-electron chi connectivity index (χ4n) is 0.772. The summed E-state index contributed by atoms with van der Waals surface area (Å²) >= 11 is 0. The molecule has 0 saturated heterocycles. The SMILES string of the molecule is N#C[n+]1cc[nH]c1.[O-]c1ccccc1. The number of H-pyrrole nitrogens is 1. The Morgan fingerprint density at radius 3 is 2.29 bits per heavy atom. The van der Waals surface area contributed by atoms with Crippen molar-refractivity contribution in [1.29, 1.82) is 5.26 Å². The van der Waals surface area contributed by atoms with Gasteiger partial charge in [0, 0.05) is 5.26 Å². The molecule has 0 amide bonds. The van der Waals surface area contributed by atoms with Gasteiger partial charge in [-0.2, -0.15) is 4.57 Å². The minimum absolute atomic E-state index is 0.0718. The van der Waals surface area contributed by atoms with E-state index < -0.39 is 0 Å². The minimum Gasteiger partial charge on any atom is -0.872 e. The van der Waals surface area contributed by atoms with E-state index in [1.54, 1.807) is 30.9 Å². The van der Waals surface area contributed by atoms with Crippen LogP contribution in [0.4, 0.5) is 0 Å². The zero-order valence-electron chi connectivity index (χ0n) is 7.42. The van der Waals surface area contributed by atoms with Crippen molar-refractivity contribution < 1.29 is 9.67 Å². The number of rotatable bonds is 0. The molecule has 0 bridgehead atoms. The highest BCUT2D eigenvalue weighted by molar-refractivity contribution is 5.17. The fourth-order valence-corrected chi connectivity index (χ4v) is 0.772. The largest absolute Gasteiger partial charge is 0.872 e. The van der Waals surface area contributed by atoms with Crippen molar-refractivity contribution >= 4 is 0 Å². The van der Waals surface area contributed by atoms with E-state index in [9.17, 15) is 5.11 Å². The third-order valence-electron chi connectivity index (χ3n) is 1.40. The quantitative estimate of drug-likeness (QED) is 0.606. The molecular weight excluding hydrogens is 178 g/mol. The zero-order valence-corrected chi connectivity index (χ0v) is 7.42. The van der Waals surface area contributed by atoms with Gasteiger partial charge < -0.3 is 5.11 Å². The molecule has 1 aromatic heterocycles. The Hall–Kier alpha value is -2.28. The van der Waals surface area contributed by atoms with E-state index in [0.29, 0.717) is 0 Å². The number of nitrogens with one attached hydrogen (secondary N) is 1. The summed E-state index contributed by atoms with van der Waals surface area (Å²) in [5.41, 5.74) is 0. The van der Waals surface area contributed by atoms with Crippen molar-refractivity contribution in [1.82, 2.24) is 4.98 Å². The standard InChI is InChI=1S/C6H6O.C4H3N3/c7-6-4-2-1-3-5-6;5-3-7-2-1-6-4-7/h1-5,7H;1-2,4H. The van der Waals surface area contributed by atoms with Gasteiger partial charge in [0.2, 0.25) is 6.33 Å². The molecule has 0 saturated carbocycles. The second-order valence-corrected chi connectivity index (χ2v) is 2.43. The molecule has 14 heavy (non-hydrogen) atoms. The van der Waals surface area contributed by atoms with Gasteiger partial charge in [-0.1, -0.05) is 30.3 Å². The van der Waals surface area contributed by atoms with Crippen LogP contribution in [0.25, 0.3) is 0 Å². The van der Waals surface area contributed by atoms with Crippen LogP contribution < -0.4 is 9.67 Å². The molecule has 2 aromatic rings. The van der Waals surface area contributed by atoms with Crippen LogP contribution in [-0.4, -0.2) is 4.98 Å². The summed E-state index contributed by atoms with van der Waals surface area (Å²) in [6.07, 6.45) is 6.78.